The fourth-order valence-electron chi connectivity index (χ4n) is 2.50. The molecule has 0 saturated carbocycles. The minimum Gasteiger partial charge on any atom is -0.282 e. The molecule has 0 bridgehead atoms. The summed E-state index contributed by atoms with van der Waals surface area (Å²) < 4.78 is 29.1. The summed E-state index contributed by atoms with van der Waals surface area (Å²) in [6.07, 6.45) is 0.651. The fourth-order valence-corrected chi connectivity index (χ4v) is 4.15. The molecular weight excluding hydrogens is 318 g/mol. The number of anilines is 1. The first-order chi connectivity index (χ1) is 10.7. The summed E-state index contributed by atoms with van der Waals surface area (Å²) in [7, 11) is -1.31. The number of aryl methyl sites for hydroxylation is 1. The highest BCUT2D eigenvalue weighted by atomic mass is 32.2. The van der Waals surface area contributed by atoms with Crippen molar-refractivity contribution in [3.8, 4) is 0 Å². The van der Waals surface area contributed by atoms with E-state index in [4.69, 9.17) is 0 Å². The maximum absolute atomic E-state index is 12.7. The van der Waals surface area contributed by atoms with E-state index in [9.17, 15) is 18.0 Å². The van der Waals surface area contributed by atoms with Gasteiger partial charge in [-0.2, -0.15) is 14.3 Å². The molecule has 1 aromatic carbocycles. The van der Waals surface area contributed by atoms with E-state index in [-0.39, 0.29) is 5.71 Å². The van der Waals surface area contributed by atoms with Crippen molar-refractivity contribution in [3.63, 3.8) is 0 Å². The van der Waals surface area contributed by atoms with Crippen LogP contribution < -0.4 is 4.72 Å². The number of carbonyl (C=O) groups excluding carboxylic acids is 2. The smallest absolute Gasteiger partial charge is 0.282 e. The van der Waals surface area contributed by atoms with Crippen LogP contribution in [-0.2, 0) is 21.2 Å². The van der Waals surface area contributed by atoms with Crippen LogP contribution in [0.5, 0.6) is 0 Å². The molecule has 23 heavy (non-hydrogen) atoms. The summed E-state index contributed by atoms with van der Waals surface area (Å²) in [5.41, 5.74) is 1.45. The van der Waals surface area contributed by atoms with Gasteiger partial charge in [0.1, 0.15) is 5.71 Å². The maximum Gasteiger partial charge on any atom is 0.500 e. The van der Waals surface area contributed by atoms with Gasteiger partial charge in [0.2, 0.25) is 5.25 Å². The third-order valence-electron chi connectivity index (χ3n) is 4.00. The number of urea groups is 1. The molecule has 3 amide bonds. The lowest BCUT2D eigenvalue weighted by molar-refractivity contribution is -0.405. The Bertz CT molecular complexity index is 799. The van der Waals surface area contributed by atoms with Crippen LogP contribution in [0.15, 0.2) is 24.3 Å². The number of amides is 3. The molecule has 1 unspecified atom stereocenters. The van der Waals surface area contributed by atoms with E-state index in [0.29, 0.717) is 12.1 Å². The van der Waals surface area contributed by atoms with Crippen LogP contribution in [0.1, 0.15) is 19.4 Å². The van der Waals surface area contributed by atoms with Gasteiger partial charge in [-0.1, -0.05) is 25.1 Å². The molecule has 0 aliphatic carbocycles. The van der Waals surface area contributed by atoms with Gasteiger partial charge in [-0.25, -0.2) is 13.2 Å². The first kappa shape index (κ1) is 17.1. The zero-order chi connectivity index (χ0) is 17.4. The van der Waals surface area contributed by atoms with Gasteiger partial charge in [0.25, 0.3) is 10.0 Å². The number of rotatable bonds is 4. The lowest BCUT2D eigenvalue weighted by Gasteiger charge is -2.24. The molecule has 1 aliphatic heterocycles. The molecule has 124 valence electrons. The quantitative estimate of drug-likeness (QED) is 0.832. The second-order valence-electron chi connectivity index (χ2n) is 5.42. The molecule has 1 aromatic rings. The van der Waals surface area contributed by atoms with E-state index < -0.39 is 27.2 Å². The number of nitrogens with zero attached hydrogens (tertiary/aromatic N) is 2. The van der Waals surface area contributed by atoms with Crippen molar-refractivity contribution in [2.24, 2.45) is 0 Å². The van der Waals surface area contributed by atoms with Crippen LogP contribution in [0.2, 0.25) is 0 Å². The van der Waals surface area contributed by atoms with Crippen molar-refractivity contribution < 1.29 is 22.6 Å². The number of nitrogens with one attached hydrogen (secondary N) is 1. The zero-order valence-electron chi connectivity index (χ0n) is 13.5. The Balaban J connectivity index is 2.47. The molecule has 1 N–H and O–H groups in total. The summed E-state index contributed by atoms with van der Waals surface area (Å²) in [6, 6.07) is 6.46. The van der Waals surface area contributed by atoms with E-state index in [2.05, 4.69) is 4.72 Å². The lowest BCUT2D eigenvalue weighted by Crippen LogP contribution is -2.57. The van der Waals surface area contributed by atoms with E-state index >= 15 is 0 Å². The van der Waals surface area contributed by atoms with Crippen LogP contribution in [0.25, 0.3) is 0 Å². The summed E-state index contributed by atoms with van der Waals surface area (Å²) in [6.45, 7) is 3.38. The van der Waals surface area contributed by atoms with E-state index in [0.717, 1.165) is 10.5 Å². The molecule has 0 spiro atoms. The highest BCUT2D eigenvalue weighted by Crippen LogP contribution is 2.21. The monoisotopic (exact) mass is 338 g/mol. The Kier molecular flexibility index (Phi) is 4.56. The lowest BCUT2D eigenvalue weighted by atomic mass is 10.1. The van der Waals surface area contributed by atoms with E-state index in [1.165, 1.54) is 25.6 Å². The molecule has 7 nitrogen and oxygen atoms in total. The first-order valence-corrected chi connectivity index (χ1v) is 8.73. The molecule has 1 atom stereocenters. The van der Waals surface area contributed by atoms with E-state index in [1.807, 2.05) is 19.1 Å². The van der Waals surface area contributed by atoms with Crippen molar-refractivity contribution in [1.29, 1.82) is 0 Å². The Hall–Kier alpha value is -2.22. The third-order valence-corrected chi connectivity index (χ3v) is 5.67. The Morgan fingerprint density at radius 1 is 1.26 bits per heavy atom. The number of benzene rings is 1. The molecule has 8 heteroatoms. The van der Waals surface area contributed by atoms with Crippen molar-refractivity contribution in [1.82, 2.24) is 4.90 Å². The van der Waals surface area contributed by atoms with Crippen molar-refractivity contribution in [3.05, 3.63) is 29.8 Å². The maximum atomic E-state index is 12.7. The molecule has 1 heterocycles. The normalized spacial score (nSPS) is 19.3. The predicted molar refractivity (Wildman–Crippen MR) is 87.2 cm³/mol. The highest BCUT2D eigenvalue weighted by molar-refractivity contribution is 7.94. The van der Waals surface area contributed by atoms with Crippen molar-refractivity contribution in [2.45, 2.75) is 25.5 Å². The number of carbonyl (C=O) groups is 2. The van der Waals surface area contributed by atoms with Crippen LogP contribution in [0, 0.1) is 0 Å². The zero-order valence-corrected chi connectivity index (χ0v) is 14.3. The SMILES string of the molecule is CCc1ccccc1NS(=O)(=O)C1C(=O)N(C)C(=O)[N+](C)=C1C. The van der Waals surface area contributed by atoms with Gasteiger partial charge in [0.05, 0.1) is 19.8 Å². The molecule has 0 aromatic heterocycles. The van der Waals surface area contributed by atoms with Gasteiger partial charge >= 0.3 is 11.9 Å². The molecular formula is C15H20N3O4S+. The second kappa shape index (κ2) is 6.11. The predicted octanol–water partition coefficient (Wildman–Crippen LogP) is 1.05. The van der Waals surface area contributed by atoms with Crippen molar-refractivity contribution >= 4 is 33.4 Å². The summed E-state index contributed by atoms with van der Waals surface area (Å²) >= 11 is 0. The van der Waals surface area contributed by atoms with Gasteiger partial charge in [-0.05, 0) is 25.0 Å². The number of para-hydroxylation sites is 1. The van der Waals surface area contributed by atoms with Gasteiger partial charge in [-0.3, -0.25) is 4.72 Å². The summed E-state index contributed by atoms with van der Waals surface area (Å²) in [5, 5.41) is -1.43. The van der Waals surface area contributed by atoms with Crippen LogP contribution >= 0.6 is 0 Å². The Morgan fingerprint density at radius 3 is 2.48 bits per heavy atom. The van der Waals surface area contributed by atoms with Gasteiger partial charge in [0.15, 0.2) is 0 Å². The molecule has 1 aliphatic rings. The number of hydrogen-bond donors (Lipinski definition) is 1. The molecule has 0 radical (unpaired) electrons. The average Bonchev–Trinajstić information content (AvgIpc) is 2.51. The Morgan fingerprint density at radius 2 is 1.87 bits per heavy atom. The minimum atomic E-state index is -4.03. The second-order valence-corrected chi connectivity index (χ2v) is 7.18. The standard InChI is InChI=1S/C15H20N3O4S/c1-5-11-8-6-7-9-12(11)16-23(21,22)13-10(2)17(3)15(20)18(4)14(13)19/h6-9,13,16H,5H2,1-4H3/q+1. The first-order valence-electron chi connectivity index (χ1n) is 7.19. The highest BCUT2D eigenvalue weighted by Gasteiger charge is 2.50. The van der Waals surface area contributed by atoms with Gasteiger partial charge < -0.3 is 0 Å². The Labute approximate surface area is 135 Å². The molecule has 0 saturated heterocycles. The topological polar surface area (TPSA) is 86.6 Å². The number of hydrogen-bond acceptors (Lipinski definition) is 4. The number of imide groups is 1. The van der Waals surface area contributed by atoms with Gasteiger partial charge in [0, 0.05) is 0 Å². The van der Waals surface area contributed by atoms with Crippen LogP contribution in [0.3, 0.4) is 0 Å². The third kappa shape index (κ3) is 2.98. The van der Waals surface area contributed by atoms with Crippen molar-refractivity contribution in [2.75, 3.05) is 18.8 Å². The average molecular weight is 338 g/mol. The van der Waals surface area contributed by atoms with Crippen LogP contribution in [-0.4, -0.2) is 54.9 Å². The molecule has 0 fully saturated rings. The molecule has 2 rings (SSSR count). The largest absolute Gasteiger partial charge is 0.500 e. The summed E-state index contributed by atoms with van der Waals surface area (Å²) in [4.78, 5) is 25.0. The number of sulfonamides is 1. The summed E-state index contributed by atoms with van der Waals surface area (Å²) in [5.74, 6) is -0.757. The van der Waals surface area contributed by atoms with E-state index in [1.54, 1.807) is 12.1 Å². The minimum absolute atomic E-state index is 0.180. The fraction of sp³-hybridized carbons (Fsp3) is 0.400. The van der Waals surface area contributed by atoms with Crippen LogP contribution in [0.4, 0.5) is 10.5 Å². The van der Waals surface area contributed by atoms with Gasteiger partial charge in [-0.15, -0.1) is 0 Å².